The Balaban J connectivity index is 1.98. The van der Waals surface area contributed by atoms with Crippen LogP contribution in [0.5, 0.6) is 0 Å². The molecule has 0 radical (unpaired) electrons. The van der Waals surface area contributed by atoms with Gasteiger partial charge in [-0.2, -0.15) is 0 Å². The molecule has 0 aromatic heterocycles. The van der Waals surface area contributed by atoms with Gasteiger partial charge in [0.2, 0.25) is 0 Å². The maximum atomic E-state index is 12.4. The number of esters is 1. The van der Waals surface area contributed by atoms with E-state index in [1.54, 1.807) is 31.2 Å². The number of Topliss-reactive ketones (excluding diaryl/α,β-unsaturated/α-hetero) is 1. The number of hydrogen-bond acceptors (Lipinski definition) is 4. The Hall–Kier alpha value is -2.90. The molecule has 0 fully saturated rings. The number of ether oxygens (including phenoxy) is 2. The first kappa shape index (κ1) is 20.4. The number of ketones is 1. The second kappa shape index (κ2) is 10.3. The maximum absolute atomic E-state index is 12.4. The maximum Gasteiger partial charge on any atom is 0.339 e. The van der Waals surface area contributed by atoms with E-state index < -0.39 is 11.6 Å². The van der Waals surface area contributed by atoms with Crippen molar-refractivity contribution in [3.8, 4) is 11.8 Å². The first-order chi connectivity index (χ1) is 13.0. The molecule has 0 aliphatic heterocycles. The summed E-state index contributed by atoms with van der Waals surface area (Å²) in [6.45, 7) is 3.91. The van der Waals surface area contributed by atoms with Gasteiger partial charge >= 0.3 is 5.97 Å². The molecule has 4 nitrogen and oxygen atoms in total. The average Bonchev–Trinajstić information content (AvgIpc) is 2.68. The molecule has 1 atom stereocenters. The highest BCUT2D eigenvalue weighted by Crippen LogP contribution is 2.19. The van der Waals surface area contributed by atoms with Crippen molar-refractivity contribution in [1.29, 1.82) is 0 Å². The van der Waals surface area contributed by atoms with E-state index in [9.17, 15) is 9.59 Å². The van der Waals surface area contributed by atoms with Crippen molar-refractivity contribution < 1.29 is 19.1 Å². The fraction of sp³-hybridized carbons (Fsp3) is 0.304. The lowest BCUT2D eigenvalue weighted by Crippen LogP contribution is -2.31. The van der Waals surface area contributed by atoms with E-state index >= 15 is 0 Å². The molecule has 1 unspecified atom stereocenters. The van der Waals surface area contributed by atoms with Crippen LogP contribution in [0.2, 0.25) is 0 Å². The van der Waals surface area contributed by atoms with E-state index in [4.69, 9.17) is 9.47 Å². The second-order valence-electron chi connectivity index (χ2n) is 6.47. The summed E-state index contributed by atoms with van der Waals surface area (Å²) in [5.41, 5.74) is 0.470. The summed E-state index contributed by atoms with van der Waals surface area (Å²) in [5.74, 6) is 5.45. The first-order valence-electron chi connectivity index (χ1n) is 8.88. The fourth-order valence-corrected chi connectivity index (χ4v) is 2.41. The lowest BCUT2D eigenvalue weighted by molar-refractivity contribution is -0.117. The van der Waals surface area contributed by atoms with Gasteiger partial charge in [-0.1, -0.05) is 60.4 Å². The minimum Gasteiger partial charge on any atom is -0.443 e. The summed E-state index contributed by atoms with van der Waals surface area (Å²) in [4.78, 5) is 23.7. The molecule has 0 heterocycles. The molecule has 4 heteroatoms. The smallest absolute Gasteiger partial charge is 0.339 e. The van der Waals surface area contributed by atoms with E-state index in [-0.39, 0.29) is 18.8 Å². The van der Waals surface area contributed by atoms with Crippen molar-refractivity contribution in [2.75, 3.05) is 6.61 Å². The van der Waals surface area contributed by atoms with E-state index in [0.29, 0.717) is 18.6 Å². The number of carbonyl (C=O) groups is 2. The van der Waals surface area contributed by atoms with E-state index in [0.717, 1.165) is 5.56 Å². The largest absolute Gasteiger partial charge is 0.443 e. The third-order valence-corrected chi connectivity index (χ3v) is 3.92. The average molecular weight is 364 g/mol. The number of carbonyl (C=O) groups excluding carboxylic acids is 2. The molecule has 0 saturated carbocycles. The third kappa shape index (κ3) is 7.47. The summed E-state index contributed by atoms with van der Waals surface area (Å²) in [6.07, 6.45) is 0.630. The molecule has 2 rings (SSSR count). The molecule has 2 aromatic carbocycles. The van der Waals surface area contributed by atoms with Crippen molar-refractivity contribution >= 4 is 11.8 Å². The second-order valence-corrected chi connectivity index (χ2v) is 6.47. The summed E-state index contributed by atoms with van der Waals surface area (Å²) in [7, 11) is 0. The highest BCUT2D eigenvalue weighted by atomic mass is 16.6. The zero-order chi connectivity index (χ0) is 19.5. The van der Waals surface area contributed by atoms with Gasteiger partial charge in [0, 0.05) is 12.8 Å². The van der Waals surface area contributed by atoms with E-state index in [1.165, 1.54) is 6.92 Å². The minimum absolute atomic E-state index is 0.0270. The minimum atomic E-state index is -1.05. The van der Waals surface area contributed by atoms with Crippen molar-refractivity contribution in [2.45, 2.75) is 38.9 Å². The Morgan fingerprint density at radius 1 is 1.00 bits per heavy atom. The van der Waals surface area contributed by atoms with Gasteiger partial charge in [0.15, 0.2) is 5.60 Å². The van der Waals surface area contributed by atoms with Gasteiger partial charge in [0.05, 0.1) is 12.2 Å². The molecule has 0 saturated heterocycles. The summed E-state index contributed by atoms with van der Waals surface area (Å²) < 4.78 is 11.2. The lowest BCUT2D eigenvalue weighted by Gasteiger charge is -2.24. The molecule has 140 valence electrons. The summed E-state index contributed by atoms with van der Waals surface area (Å²) in [5, 5.41) is 0. The molecule has 0 bridgehead atoms. The normalized spacial score (nSPS) is 12.4. The van der Waals surface area contributed by atoms with Crippen molar-refractivity contribution in [1.82, 2.24) is 0 Å². The standard InChI is InChI=1S/C23H24O4/c1-19(24)14-16-23(2,27-22(25)21-12-7-4-8-13-21)15-9-17-26-18-20-10-5-3-6-11-20/h3-8,10-13H,14,16-18H2,1-2H3. The predicted molar refractivity (Wildman–Crippen MR) is 104 cm³/mol. The Labute approximate surface area is 160 Å². The summed E-state index contributed by atoms with van der Waals surface area (Å²) >= 11 is 0. The number of hydrogen-bond donors (Lipinski definition) is 0. The van der Waals surface area contributed by atoms with E-state index in [1.807, 2.05) is 36.4 Å². The highest BCUT2D eigenvalue weighted by molar-refractivity contribution is 5.89. The van der Waals surface area contributed by atoms with Gasteiger partial charge in [-0.05, 0) is 31.5 Å². The fourth-order valence-electron chi connectivity index (χ4n) is 2.41. The van der Waals surface area contributed by atoms with Crippen molar-refractivity contribution in [3.05, 3.63) is 71.8 Å². The molecule has 0 N–H and O–H groups in total. The van der Waals surface area contributed by atoms with Crippen LogP contribution < -0.4 is 0 Å². The molecule has 27 heavy (non-hydrogen) atoms. The number of rotatable bonds is 8. The Morgan fingerprint density at radius 2 is 1.63 bits per heavy atom. The first-order valence-corrected chi connectivity index (χ1v) is 8.88. The van der Waals surface area contributed by atoms with Gasteiger partial charge in [-0.3, -0.25) is 0 Å². The monoisotopic (exact) mass is 364 g/mol. The van der Waals surface area contributed by atoms with Gasteiger partial charge in [-0.15, -0.1) is 0 Å². The van der Waals surface area contributed by atoms with Crippen molar-refractivity contribution in [2.24, 2.45) is 0 Å². The zero-order valence-electron chi connectivity index (χ0n) is 15.7. The Bertz CT molecular complexity index is 803. The third-order valence-electron chi connectivity index (χ3n) is 3.92. The van der Waals surface area contributed by atoms with Gasteiger partial charge in [-0.25, -0.2) is 4.79 Å². The molecule has 2 aromatic rings. The molecular formula is C23H24O4. The zero-order valence-corrected chi connectivity index (χ0v) is 15.7. The topological polar surface area (TPSA) is 52.6 Å². The SMILES string of the molecule is CC(=O)CCC(C)(C#CCOCc1ccccc1)OC(=O)c1ccccc1. The number of benzene rings is 2. The van der Waals surface area contributed by atoms with Crippen LogP contribution >= 0.6 is 0 Å². The van der Waals surface area contributed by atoms with E-state index in [2.05, 4.69) is 11.8 Å². The predicted octanol–water partition coefficient (Wildman–Crippen LogP) is 4.19. The molecule has 0 aliphatic rings. The van der Waals surface area contributed by atoms with Crippen molar-refractivity contribution in [3.63, 3.8) is 0 Å². The molecule has 0 spiro atoms. The lowest BCUT2D eigenvalue weighted by atomic mass is 9.99. The van der Waals surface area contributed by atoms with Crippen LogP contribution in [0.3, 0.4) is 0 Å². The van der Waals surface area contributed by atoms with Gasteiger partial charge < -0.3 is 14.3 Å². The van der Waals surface area contributed by atoms with Crippen LogP contribution in [0.25, 0.3) is 0 Å². The van der Waals surface area contributed by atoms with Gasteiger partial charge in [0.1, 0.15) is 12.4 Å². The molecule has 0 aliphatic carbocycles. The highest BCUT2D eigenvalue weighted by Gasteiger charge is 2.27. The molecule has 0 amide bonds. The Kier molecular flexibility index (Phi) is 7.79. The van der Waals surface area contributed by atoms with Crippen LogP contribution in [-0.2, 0) is 20.9 Å². The van der Waals surface area contributed by atoms with Crippen LogP contribution in [0.1, 0.15) is 42.6 Å². The van der Waals surface area contributed by atoms with Gasteiger partial charge in [0.25, 0.3) is 0 Å². The van der Waals surface area contributed by atoms with Crippen LogP contribution in [0.15, 0.2) is 60.7 Å². The Morgan fingerprint density at radius 3 is 2.26 bits per heavy atom. The van der Waals surface area contributed by atoms with Crippen LogP contribution in [-0.4, -0.2) is 24.0 Å². The quantitative estimate of drug-likeness (QED) is 0.400. The van der Waals surface area contributed by atoms with Crippen LogP contribution in [0.4, 0.5) is 0 Å². The summed E-state index contributed by atoms with van der Waals surface area (Å²) in [6, 6.07) is 18.5. The van der Waals surface area contributed by atoms with Crippen LogP contribution in [0, 0.1) is 11.8 Å². The molecular weight excluding hydrogens is 340 g/mol.